The molecule has 0 bridgehead atoms. The first-order valence-electron chi connectivity index (χ1n) is 5.80. The molecule has 7 heteroatoms. The zero-order valence-corrected chi connectivity index (χ0v) is 10.2. The van der Waals surface area contributed by atoms with E-state index in [2.05, 4.69) is 26.1 Å². The maximum absolute atomic E-state index is 11.2. The number of carbonyl (C=O) groups excluding carboxylic acids is 1. The average Bonchev–Trinajstić information content (AvgIpc) is 2.75. The van der Waals surface area contributed by atoms with E-state index in [1.165, 1.54) is 0 Å². The van der Waals surface area contributed by atoms with Gasteiger partial charge in [0.25, 0.3) is 0 Å². The van der Waals surface area contributed by atoms with Crippen molar-refractivity contribution >= 4 is 11.9 Å². The van der Waals surface area contributed by atoms with E-state index in [1.54, 1.807) is 0 Å². The van der Waals surface area contributed by atoms with Crippen molar-refractivity contribution < 1.29 is 9.21 Å². The summed E-state index contributed by atoms with van der Waals surface area (Å²) in [5.41, 5.74) is 0. The number of anilines is 1. The summed E-state index contributed by atoms with van der Waals surface area (Å²) in [6, 6.07) is 0.349. The van der Waals surface area contributed by atoms with Gasteiger partial charge in [-0.05, 0) is 13.5 Å². The monoisotopic (exact) mass is 241 g/mol. The number of aromatic nitrogens is 2. The van der Waals surface area contributed by atoms with E-state index in [-0.39, 0.29) is 5.91 Å². The van der Waals surface area contributed by atoms with Crippen molar-refractivity contribution in [2.75, 3.05) is 25.0 Å². The minimum Gasteiger partial charge on any atom is -0.407 e. The van der Waals surface area contributed by atoms with E-state index >= 15 is 0 Å². The van der Waals surface area contributed by atoms with E-state index in [0.29, 0.717) is 38.0 Å². The fraction of sp³-hybridized carbons (Fsp3) is 0.700. The van der Waals surface area contributed by atoms with Crippen molar-refractivity contribution in [1.29, 1.82) is 0 Å². The Labute approximate surface area is 100 Å². The average molecular weight is 241 g/mol. The molecule has 0 fully saturated rings. The highest BCUT2D eigenvalue weighted by molar-refractivity contribution is 5.76. The highest BCUT2D eigenvalue weighted by atomic mass is 16.4. The molecule has 0 saturated heterocycles. The Bertz CT molecular complexity index is 339. The van der Waals surface area contributed by atoms with E-state index in [1.807, 2.05) is 13.8 Å². The van der Waals surface area contributed by atoms with Crippen LogP contribution in [-0.4, -0.2) is 35.7 Å². The van der Waals surface area contributed by atoms with Crippen LogP contribution in [-0.2, 0) is 11.3 Å². The number of nitrogens with one attached hydrogen (secondary N) is 3. The van der Waals surface area contributed by atoms with Crippen LogP contribution in [0.2, 0.25) is 0 Å². The van der Waals surface area contributed by atoms with Gasteiger partial charge in [-0.25, -0.2) is 0 Å². The Morgan fingerprint density at radius 3 is 2.82 bits per heavy atom. The number of hydrogen-bond acceptors (Lipinski definition) is 6. The number of nitrogens with zero attached hydrogens (tertiary/aromatic N) is 2. The van der Waals surface area contributed by atoms with Crippen molar-refractivity contribution in [3.8, 4) is 0 Å². The molecule has 0 aromatic carbocycles. The number of hydrogen-bond donors (Lipinski definition) is 3. The minimum absolute atomic E-state index is 0.00684. The molecule has 1 heterocycles. The Hall–Kier alpha value is -1.63. The van der Waals surface area contributed by atoms with Crippen LogP contribution in [0, 0.1) is 0 Å². The molecule has 0 unspecified atom stereocenters. The quantitative estimate of drug-likeness (QED) is 0.598. The zero-order valence-electron chi connectivity index (χ0n) is 10.2. The molecule has 1 rings (SSSR count). The first kappa shape index (κ1) is 13.4. The molecule has 1 aromatic heterocycles. The normalized spacial score (nSPS) is 10.2. The van der Waals surface area contributed by atoms with Crippen molar-refractivity contribution in [3.05, 3.63) is 5.89 Å². The third-order valence-electron chi connectivity index (χ3n) is 2.00. The Balaban J connectivity index is 2.22. The summed E-state index contributed by atoms with van der Waals surface area (Å²) >= 11 is 0. The number of rotatable bonds is 8. The second-order valence-electron chi connectivity index (χ2n) is 3.41. The maximum Gasteiger partial charge on any atom is 0.315 e. The standard InChI is InChI=1S/C10H19N5O2/c1-3-11-7-9-14-15-10(17-9)13-6-5-8(16)12-4-2/h11H,3-7H2,1-2H3,(H,12,16)(H,13,15). The molecule has 96 valence electrons. The SMILES string of the molecule is CCNCc1nnc(NCCC(=O)NCC)o1. The van der Waals surface area contributed by atoms with Crippen LogP contribution >= 0.6 is 0 Å². The van der Waals surface area contributed by atoms with Gasteiger partial charge in [0.15, 0.2) is 0 Å². The van der Waals surface area contributed by atoms with Crippen LogP contribution < -0.4 is 16.0 Å². The summed E-state index contributed by atoms with van der Waals surface area (Å²) in [5.74, 6) is 0.541. The van der Waals surface area contributed by atoms with E-state index in [4.69, 9.17) is 4.42 Å². The summed E-state index contributed by atoms with van der Waals surface area (Å²) in [4.78, 5) is 11.2. The molecule has 0 aliphatic rings. The van der Waals surface area contributed by atoms with Gasteiger partial charge >= 0.3 is 6.01 Å². The largest absolute Gasteiger partial charge is 0.407 e. The predicted molar refractivity (Wildman–Crippen MR) is 63.5 cm³/mol. The lowest BCUT2D eigenvalue weighted by atomic mass is 10.4. The fourth-order valence-corrected chi connectivity index (χ4v) is 1.20. The van der Waals surface area contributed by atoms with Gasteiger partial charge in [-0.15, -0.1) is 5.10 Å². The Morgan fingerprint density at radius 2 is 2.12 bits per heavy atom. The van der Waals surface area contributed by atoms with Crippen molar-refractivity contribution in [1.82, 2.24) is 20.8 Å². The molecule has 0 atom stereocenters. The van der Waals surface area contributed by atoms with E-state index in [0.717, 1.165) is 6.54 Å². The van der Waals surface area contributed by atoms with Crippen LogP contribution in [0.4, 0.5) is 6.01 Å². The lowest BCUT2D eigenvalue weighted by molar-refractivity contribution is -0.120. The van der Waals surface area contributed by atoms with Crippen molar-refractivity contribution in [3.63, 3.8) is 0 Å². The number of carbonyl (C=O) groups is 1. The van der Waals surface area contributed by atoms with Crippen LogP contribution in [0.15, 0.2) is 4.42 Å². The molecule has 0 saturated carbocycles. The van der Waals surface area contributed by atoms with Crippen LogP contribution in [0.3, 0.4) is 0 Å². The minimum atomic E-state index is 0.00684. The van der Waals surface area contributed by atoms with Crippen LogP contribution in [0.25, 0.3) is 0 Å². The molecule has 1 aromatic rings. The molecule has 1 amide bonds. The van der Waals surface area contributed by atoms with Gasteiger partial charge in [-0.2, -0.15) is 0 Å². The lowest BCUT2D eigenvalue weighted by Crippen LogP contribution is -2.24. The molecule has 0 aliphatic carbocycles. The first-order chi connectivity index (χ1) is 8.26. The van der Waals surface area contributed by atoms with Gasteiger partial charge < -0.3 is 20.4 Å². The number of amides is 1. The van der Waals surface area contributed by atoms with Crippen LogP contribution in [0.1, 0.15) is 26.2 Å². The van der Waals surface area contributed by atoms with Crippen LogP contribution in [0.5, 0.6) is 0 Å². The van der Waals surface area contributed by atoms with E-state index in [9.17, 15) is 4.79 Å². The molecular weight excluding hydrogens is 222 g/mol. The lowest BCUT2D eigenvalue weighted by Gasteiger charge is -2.01. The zero-order chi connectivity index (χ0) is 12.5. The summed E-state index contributed by atoms with van der Waals surface area (Å²) in [5, 5.41) is 16.4. The van der Waals surface area contributed by atoms with Gasteiger partial charge in [-0.1, -0.05) is 12.0 Å². The molecule has 3 N–H and O–H groups in total. The van der Waals surface area contributed by atoms with Gasteiger partial charge in [-0.3, -0.25) is 4.79 Å². The van der Waals surface area contributed by atoms with Gasteiger partial charge in [0.1, 0.15) is 0 Å². The molecule has 7 nitrogen and oxygen atoms in total. The summed E-state index contributed by atoms with van der Waals surface area (Å²) in [6.07, 6.45) is 0.388. The fourth-order valence-electron chi connectivity index (χ4n) is 1.20. The van der Waals surface area contributed by atoms with Gasteiger partial charge in [0, 0.05) is 19.5 Å². The van der Waals surface area contributed by atoms with Crippen molar-refractivity contribution in [2.45, 2.75) is 26.8 Å². The Kier molecular flexibility index (Phi) is 6.02. The molecule has 0 spiro atoms. The highest BCUT2D eigenvalue weighted by Gasteiger charge is 2.05. The molecule has 0 radical (unpaired) electrons. The summed E-state index contributed by atoms with van der Waals surface area (Å²) in [6.45, 7) is 6.42. The summed E-state index contributed by atoms with van der Waals surface area (Å²) in [7, 11) is 0. The Morgan fingerprint density at radius 1 is 1.29 bits per heavy atom. The van der Waals surface area contributed by atoms with Gasteiger partial charge in [0.2, 0.25) is 11.8 Å². The third kappa shape index (κ3) is 5.30. The summed E-state index contributed by atoms with van der Waals surface area (Å²) < 4.78 is 5.30. The molecule has 0 aliphatic heterocycles. The van der Waals surface area contributed by atoms with Crippen molar-refractivity contribution in [2.24, 2.45) is 0 Å². The first-order valence-corrected chi connectivity index (χ1v) is 5.80. The second kappa shape index (κ2) is 7.61. The highest BCUT2D eigenvalue weighted by Crippen LogP contribution is 2.04. The predicted octanol–water partition coefficient (Wildman–Crippen LogP) is 0.117. The topological polar surface area (TPSA) is 92.1 Å². The van der Waals surface area contributed by atoms with E-state index < -0.39 is 0 Å². The maximum atomic E-state index is 11.2. The van der Waals surface area contributed by atoms with Gasteiger partial charge in [0.05, 0.1) is 6.54 Å². The molecule has 17 heavy (non-hydrogen) atoms. The second-order valence-corrected chi connectivity index (χ2v) is 3.41. The molecular formula is C10H19N5O2. The third-order valence-corrected chi connectivity index (χ3v) is 2.00. The smallest absolute Gasteiger partial charge is 0.315 e.